The first-order valence-electron chi connectivity index (χ1n) is 5.93. The number of likely N-dealkylation sites (N-methyl/N-ethyl adjacent to an activating group) is 1. The molecule has 1 aromatic rings. The summed E-state index contributed by atoms with van der Waals surface area (Å²) in [6.45, 7) is 0.900. The fourth-order valence-electron chi connectivity index (χ4n) is 1.52. The maximum absolute atomic E-state index is 12.5. The molecule has 1 unspecified atom stereocenters. The summed E-state index contributed by atoms with van der Waals surface area (Å²) >= 11 is 12.0. The lowest BCUT2D eigenvalue weighted by molar-refractivity contribution is 0.214. The number of sulfonamides is 1. The van der Waals surface area contributed by atoms with Gasteiger partial charge in [-0.3, -0.25) is 0 Å². The van der Waals surface area contributed by atoms with Crippen molar-refractivity contribution in [2.24, 2.45) is 0 Å². The molecule has 5 nitrogen and oxygen atoms in total. The Morgan fingerprint density at radius 3 is 2.24 bits per heavy atom. The van der Waals surface area contributed by atoms with Gasteiger partial charge in [0, 0.05) is 18.7 Å². The Morgan fingerprint density at radius 2 is 1.81 bits per heavy atom. The highest BCUT2D eigenvalue weighted by molar-refractivity contribution is 7.89. The van der Waals surface area contributed by atoms with Crippen LogP contribution in [0.25, 0.3) is 0 Å². The topological polar surface area (TPSA) is 77.8 Å². The van der Waals surface area contributed by atoms with Crippen molar-refractivity contribution < 1.29 is 18.6 Å². The minimum absolute atomic E-state index is 0.0678. The fraction of sp³-hybridized carbons (Fsp3) is 0.385. The number of halogens is 2. The van der Waals surface area contributed by atoms with Gasteiger partial charge in [0.25, 0.3) is 0 Å². The number of nitrogens with zero attached hydrogens (tertiary/aromatic N) is 1. The predicted octanol–water partition coefficient (Wildman–Crippen LogP) is 1.34. The maximum Gasteiger partial charge on any atom is 0.246 e. The highest BCUT2D eigenvalue weighted by Crippen LogP contribution is 2.33. The molecule has 0 saturated carbocycles. The summed E-state index contributed by atoms with van der Waals surface area (Å²) in [5.41, 5.74) is 0.399. The lowest BCUT2D eigenvalue weighted by atomic mass is 10.2. The number of hydrogen-bond donors (Lipinski definition) is 2. The van der Waals surface area contributed by atoms with Crippen LogP contribution in [0.3, 0.4) is 0 Å². The fourth-order valence-corrected chi connectivity index (χ4v) is 4.03. The standard InChI is InChI=1S/C13H15Cl2NO4S/c1-9(8-18)16(2)21(19,20)13-11(14)6-10(4-3-5-17)7-12(13)15/h6-7,9,17-18H,5,8H2,1-2H3. The van der Waals surface area contributed by atoms with Crippen LogP contribution in [0.5, 0.6) is 0 Å². The second-order valence-corrected chi connectivity index (χ2v) is 7.03. The molecule has 0 radical (unpaired) electrons. The van der Waals surface area contributed by atoms with E-state index in [-0.39, 0.29) is 28.2 Å². The molecule has 0 aliphatic carbocycles. The minimum Gasteiger partial charge on any atom is -0.395 e. The third-order valence-corrected chi connectivity index (χ3v) is 5.73. The van der Waals surface area contributed by atoms with Crippen LogP contribution in [0, 0.1) is 11.8 Å². The van der Waals surface area contributed by atoms with E-state index in [1.807, 2.05) is 0 Å². The minimum atomic E-state index is -3.94. The van der Waals surface area contributed by atoms with Crippen molar-refractivity contribution in [2.75, 3.05) is 20.3 Å². The molecule has 116 valence electrons. The van der Waals surface area contributed by atoms with E-state index >= 15 is 0 Å². The molecule has 0 spiro atoms. The number of rotatable bonds is 4. The van der Waals surface area contributed by atoms with Gasteiger partial charge in [-0.2, -0.15) is 4.31 Å². The average molecular weight is 352 g/mol. The van der Waals surface area contributed by atoms with Crippen molar-refractivity contribution in [1.82, 2.24) is 4.31 Å². The normalized spacial score (nSPS) is 12.9. The molecule has 1 rings (SSSR count). The highest BCUT2D eigenvalue weighted by atomic mass is 35.5. The van der Waals surface area contributed by atoms with E-state index in [4.69, 9.17) is 33.4 Å². The average Bonchev–Trinajstić information content (AvgIpc) is 2.42. The maximum atomic E-state index is 12.5. The SMILES string of the molecule is CC(CO)N(C)S(=O)(=O)c1c(Cl)cc(C#CCO)cc1Cl. The van der Waals surface area contributed by atoms with Crippen LogP contribution >= 0.6 is 23.2 Å². The molecular formula is C13H15Cl2NO4S. The van der Waals surface area contributed by atoms with E-state index < -0.39 is 16.1 Å². The molecule has 0 amide bonds. The Morgan fingerprint density at radius 1 is 1.29 bits per heavy atom. The van der Waals surface area contributed by atoms with Crippen LogP contribution in [0.4, 0.5) is 0 Å². The van der Waals surface area contributed by atoms with Gasteiger partial charge >= 0.3 is 0 Å². The van der Waals surface area contributed by atoms with Crippen molar-refractivity contribution in [2.45, 2.75) is 17.9 Å². The van der Waals surface area contributed by atoms with Gasteiger partial charge in [0.2, 0.25) is 10.0 Å². The summed E-state index contributed by atoms with van der Waals surface area (Å²) < 4.78 is 25.9. The Kier molecular flexibility index (Phi) is 6.47. The first kappa shape index (κ1) is 18.2. The van der Waals surface area contributed by atoms with E-state index in [0.29, 0.717) is 5.56 Å². The zero-order valence-corrected chi connectivity index (χ0v) is 13.8. The van der Waals surface area contributed by atoms with Crippen LogP contribution in [-0.4, -0.2) is 49.2 Å². The lowest BCUT2D eigenvalue weighted by Gasteiger charge is -2.23. The van der Waals surface area contributed by atoms with Crippen LogP contribution in [0.2, 0.25) is 10.0 Å². The molecule has 21 heavy (non-hydrogen) atoms. The number of aliphatic hydroxyl groups excluding tert-OH is 2. The Bertz CT molecular complexity index is 656. The molecule has 0 aliphatic heterocycles. The van der Waals surface area contributed by atoms with Gasteiger partial charge in [0.05, 0.1) is 16.7 Å². The van der Waals surface area contributed by atoms with Gasteiger partial charge < -0.3 is 10.2 Å². The van der Waals surface area contributed by atoms with Crippen LogP contribution in [-0.2, 0) is 10.0 Å². The number of benzene rings is 1. The highest BCUT2D eigenvalue weighted by Gasteiger charge is 2.29. The second-order valence-electron chi connectivity index (χ2n) is 4.28. The number of aliphatic hydroxyl groups is 2. The summed E-state index contributed by atoms with van der Waals surface area (Å²) in [7, 11) is -2.60. The van der Waals surface area contributed by atoms with E-state index in [2.05, 4.69) is 11.8 Å². The van der Waals surface area contributed by atoms with E-state index in [1.54, 1.807) is 6.92 Å². The quantitative estimate of drug-likeness (QED) is 0.802. The monoisotopic (exact) mass is 351 g/mol. The first-order chi connectivity index (χ1) is 9.75. The summed E-state index contributed by atoms with van der Waals surface area (Å²) in [6.07, 6.45) is 0. The zero-order chi connectivity index (χ0) is 16.2. The van der Waals surface area contributed by atoms with Crippen LogP contribution in [0.15, 0.2) is 17.0 Å². The Balaban J connectivity index is 3.38. The molecular weight excluding hydrogens is 337 g/mol. The third-order valence-electron chi connectivity index (χ3n) is 2.83. The molecule has 1 atom stereocenters. The van der Waals surface area contributed by atoms with Crippen molar-refractivity contribution in [3.8, 4) is 11.8 Å². The largest absolute Gasteiger partial charge is 0.395 e. The molecule has 2 N–H and O–H groups in total. The lowest BCUT2D eigenvalue weighted by Crippen LogP contribution is -2.37. The van der Waals surface area contributed by atoms with Crippen LogP contribution < -0.4 is 0 Å². The Labute approximate surface area is 134 Å². The van der Waals surface area contributed by atoms with Gasteiger partial charge in [0.15, 0.2) is 0 Å². The molecule has 0 heterocycles. The van der Waals surface area contributed by atoms with E-state index in [9.17, 15) is 8.42 Å². The molecule has 0 aliphatic rings. The molecule has 0 fully saturated rings. The Hall–Kier alpha value is -0.810. The second kappa shape index (κ2) is 7.45. The smallest absolute Gasteiger partial charge is 0.246 e. The van der Waals surface area contributed by atoms with Gasteiger partial charge in [0.1, 0.15) is 11.5 Å². The molecule has 8 heteroatoms. The summed E-state index contributed by atoms with van der Waals surface area (Å²) in [5.74, 6) is 5.02. The van der Waals surface area contributed by atoms with Crippen molar-refractivity contribution in [3.63, 3.8) is 0 Å². The molecule has 1 aromatic carbocycles. The molecule has 0 saturated heterocycles. The summed E-state index contributed by atoms with van der Waals surface area (Å²) in [5, 5.41) is 17.6. The van der Waals surface area contributed by atoms with E-state index in [0.717, 1.165) is 4.31 Å². The van der Waals surface area contributed by atoms with Gasteiger partial charge in [-0.1, -0.05) is 35.0 Å². The predicted molar refractivity (Wildman–Crippen MR) is 81.9 cm³/mol. The molecule has 0 aromatic heterocycles. The van der Waals surface area contributed by atoms with Crippen LogP contribution in [0.1, 0.15) is 12.5 Å². The zero-order valence-electron chi connectivity index (χ0n) is 11.5. The number of hydrogen-bond acceptors (Lipinski definition) is 4. The first-order valence-corrected chi connectivity index (χ1v) is 8.13. The summed E-state index contributed by atoms with van der Waals surface area (Å²) in [4.78, 5) is -0.233. The van der Waals surface area contributed by atoms with Gasteiger partial charge in [-0.05, 0) is 19.1 Å². The van der Waals surface area contributed by atoms with Crippen molar-refractivity contribution in [1.29, 1.82) is 0 Å². The van der Waals surface area contributed by atoms with Gasteiger partial charge in [-0.15, -0.1) is 0 Å². The summed E-state index contributed by atoms with van der Waals surface area (Å²) in [6, 6.07) is 2.11. The van der Waals surface area contributed by atoms with Gasteiger partial charge in [-0.25, -0.2) is 8.42 Å². The van der Waals surface area contributed by atoms with Crippen molar-refractivity contribution >= 4 is 33.2 Å². The van der Waals surface area contributed by atoms with Crippen molar-refractivity contribution in [3.05, 3.63) is 27.7 Å². The van der Waals surface area contributed by atoms with E-state index in [1.165, 1.54) is 19.2 Å². The molecule has 0 bridgehead atoms. The third kappa shape index (κ3) is 4.10.